The molecule has 0 aliphatic heterocycles. The van der Waals surface area contributed by atoms with Crippen molar-refractivity contribution in [2.24, 2.45) is 5.92 Å². The number of benzene rings is 2. The maximum Gasteiger partial charge on any atom is 0.255 e. The number of hydrogen-bond acceptors (Lipinski definition) is 5. The first-order valence-electron chi connectivity index (χ1n) is 8.56. The number of anilines is 1. The maximum absolute atomic E-state index is 12.6. The van der Waals surface area contributed by atoms with Crippen LogP contribution in [0.5, 0.6) is 11.5 Å². The molecule has 7 heteroatoms. The van der Waals surface area contributed by atoms with Gasteiger partial charge in [0.1, 0.15) is 5.52 Å². The van der Waals surface area contributed by atoms with Crippen LogP contribution in [0.15, 0.2) is 34.7 Å². The maximum atomic E-state index is 12.6. The topological polar surface area (TPSA) is 73.6 Å². The van der Waals surface area contributed by atoms with Crippen molar-refractivity contribution in [2.75, 3.05) is 19.0 Å². The molecule has 1 N–H and O–H groups in total. The summed E-state index contributed by atoms with van der Waals surface area (Å²) in [5.41, 5.74) is 2.32. The van der Waals surface area contributed by atoms with Crippen LogP contribution in [0.4, 0.5) is 5.69 Å². The van der Waals surface area contributed by atoms with Crippen molar-refractivity contribution in [3.8, 4) is 11.5 Å². The number of nitrogens with one attached hydrogen (secondary N) is 1. The Morgan fingerprint density at radius 2 is 2.07 bits per heavy atom. The molecule has 0 spiro atoms. The number of aromatic nitrogens is 1. The molecule has 0 unspecified atom stereocenters. The summed E-state index contributed by atoms with van der Waals surface area (Å²) in [7, 11) is 1.51. The summed E-state index contributed by atoms with van der Waals surface area (Å²) in [5.74, 6) is 1.44. The minimum atomic E-state index is -0.315. The third-order valence-electron chi connectivity index (χ3n) is 3.81. The number of amides is 1. The molecule has 142 valence electrons. The van der Waals surface area contributed by atoms with Gasteiger partial charge in [-0.3, -0.25) is 4.79 Å². The molecular formula is C20H21ClN2O4. The highest BCUT2D eigenvalue weighted by Crippen LogP contribution is 2.37. The Labute approximate surface area is 162 Å². The number of aryl methyl sites for hydroxylation is 1. The average molecular weight is 389 g/mol. The number of rotatable bonds is 6. The predicted octanol–water partition coefficient (Wildman–Crippen LogP) is 5.09. The summed E-state index contributed by atoms with van der Waals surface area (Å²) in [6.07, 6.45) is 0. The molecule has 1 heterocycles. The highest BCUT2D eigenvalue weighted by molar-refractivity contribution is 6.32. The van der Waals surface area contributed by atoms with Gasteiger partial charge in [0.15, 0.2) is 23.0 Å². The minimum Gasteiger partial charge on any atom is -0.493 e. The molecule has 6 nitrogen and oxygen atoms in total. The number of oxazole rings is 1. The van der Waals surface area contributed by atoms with Crippen LogP contribution < -0.4 is 14.8 Å². The van der Waals surface area contributed by atoms with Gasteiger partial charge in [0.2, 0.25) is 0 Å². The van der Waals surface area contributed by atoms with Gasteiger partial charge in [0, 0.05) is 18.2 Å². The molecule has 27 heavy (non-hydrogen) atoms. The fraction of sp³-hybridized carbons (Fsp3) is 0.300. The van der Waals surface area contributed by atoms with Crippen molar-refractivity contribution in [1.29, 1.82) is 0 Å². The van der Waals surface area contributed by atoms with E-state index in [4.69, 9.17) is 25.5 Å². The Morgan fingerprint density at radius 1 is 1.30 bits per heavy atom. The monoisotopic (exact) mass is 388 g/mol. The van der Waals surface area contributed by atoms with Gasteiger partial charge in [-0.15, -0.1) is 0 Å². The zero-order valence-corrected chi connectivity index (χ0v) is 16.4. The lowest BCUT2D eigenvalue weighted by Crippen LogP contribution is -2.13. The number of hydrogen-bond donors (Lipinski definition) is 1. The molecular weight excluding hydrogens is 368 g/mol. The van der Waals surface area contributed by atoms with Crippen LogP contribution in [0.25, 0.3) is 11.1 Å². The van der Waals surface area contributed by atoms with E-state index in [1.165, 1.54) is 7.11 Å². The number of ether oxygens (including phenoxy) is 2. The van der Waals surface area contributed by atoms with Gasteiger partial charge < -0.3 is 19.2 Å². The summed E-state index contributed by atoms with van der Waals surface area (Å²) in [4.78, 5) is 16.9. The van der Waals surface area contributed by atoms with E-state index in [-0.39, 0.29) is 5.91 Å². The van der Waals surface area contributed by atoms with Crippen molar-refractivity contribution >= 4 is 34.3 Å². The Balaban J connectivity index is 1.83. The van der Waals surface area contributed by atoms with Crippen LogP contribution in [0.1, 0.15) is 30.1 Å². The summed E-state index contributed by atoms with van der Waals surface area (Å²) >= 11 is 6.32. The first-order valence-corrected chi connectivity index (χ1v) is 8.94. The van der Waals surface area contributed by atoms with Crippen LogP contribution in [0, 0.1) is 12.8 Å². The predicted molar refractivity (Wildman–Crippen MR) is 105 cm³/mol. The van der Waals surface area contributed by atoms with E-state index >= 15 is 0 Å². The third-order valence-corrected chi connectivity index (χ3v) is 4.09. The molecule has 0 bridgehead atoms. The normalized spacial score (nSPS) is 11.0. The molecule has 1 amide bonds. The Bertz CT molecular complexity index is 982. The molecule has 0 saturated carbocycles. The van der Waals surface area contributed by atoms with Gasteiger partial charge in [-0.2, -0.15) is 0 Å². The summed E-state index contributed by atoms with van der Waals surface area (Å²) in [6.45, 7) is 6.35. The van der Waals surface area contributed by atoms with E-state index in [0.29, 0.717) is 57.3 Å². The number of nitrogens with zero attached hydrogens (tertiary/aromatic N) is 1. The van der Waals surface area contributed by atoms with Crippen molar-refractivity contribution in [3.63, 3.8) is 0 Å². The Kier molecular flexibility index (Phi) is 5.56. The standard InChI is InChI=1S/C20H21ClN2O4/c1-11(2)10-26-19-15(21)7-13(8-18(19)25-4)20(24)23-14-5-6-17-16(9-14)22-12(3)27-17/h5-9,11H,10H2,1-4H3,(H,23,24). The van der Waals surface area contributed by atoms with Gasteiger partial charge >= 0.3 is 0 Å². The third kappa shape index (κ3) is 4.34. The quantitative estimate of drug-likeness (QED) is 0.637. The van der Waals surface area contributed by atoms with E-state index in [1.54, 1.807) is 37.3 Å². The zero-order chi connectivity index (χ0) is 19.6. The molecule has 3 rings (SSSR count). The van der Waals surface area contributed by atoms with Gasteiger partial charge in [0.25, 0.3) is 5.91 Å². The highest BCUT2D eigenvalue weighted by Gasteiger charge is 2.17. The highest BCUT2D eigenvalue weighted by atomic mass is 35.5. The van der Waals surface area contributed by atoms with Gasteiger partial charge in [-0.1, -0.05) is 25.4 Å². The van der Waals surface area contributed by atoms with Crippen molar-refractivity contribution < 1.29 is 18.7 Å². The van der Waals surface area contributed by atoms with Crippen molar-refractivity contribution in [1.82, 2.24) is 4.98 Å². The second-order valence-electron chi connectivity index (χ2n) is 6.56. The molecule has 0 radical (unpaired) electrons. The Hall–Kier alpha value is -2.73. The lowest BCUT2D eigenvalue weighted by atomic mass is 10.1. The van der Waals surface area contributed by atoms with Crippen LogP contribution in [-0.2, 0) is 0 Å². The smallest absolute Gasteiger partial charge is 0.255 e. The first kappa shape index (κ1) is 19.0. The van der Waals surface area contributed by atoms with E-state index in [2.05, 4.69) is 10.3 Å². The van der Waals surface area contributed by atoms with Gasteiger partial charge in [-0.25, -0.2) is 4.98 Å². The molecule has 0 aliphatic rings. The average Bonchev–Trinajstić information content (AvgIpc) is 2.99. The fourth-order valence-corrected chi connectivity index (χ4v) is 2.83. The summed E-state index contributed by atoms with van der Waals surface area (Å²) in [6, 6.07) is 8.44. The summed E-state index contributed by atoms with van der Waals surface area (Å²) < 4.78 is 16.5. The second-order valence-corrected chi connectivity index (χ2v) is 6.97. The largest absolute Gasteiger partial charge is 0.493 e. The Morgan fingerprint density at radius 3 is 2.78 bits per heavy atom. The lowest BCUT2D eigenvalue weighted by molar-refractivity contribution is 0.102. The van der Waals surface area contributed by atoms with Crippen LogP contribution in [0.2, 0.25) is 5.02 Å². The molecule has 0 aliphatic carbocycles. The molecule has 2 aromatic carbocycles. The van der Waals surface area contributed by atoms with Crippen LogP contribution >= 0.6 is 11.6 Å². The molecule has 0 fully saturated rings. The van der Waals surface area contributed by atoms with E-state index in [1.807, 2.05) is 13.8 Å². The first-order chi connectivity index (χ1) is 12.9. The van der Waals surface area contributed by atoms with Crippen molar-refractivity contribution in [2.45, 2.75) is 20.8 Å². The number of carbonyl (C=O) groups is 1. The summed E-state index contributed by atoms with van der Waals surface area (Å²) in [5, 5.41) is 3.15. The molecule has 3 aromatic rings. The van der Waals surface area contributed by atoms with E-state index < -0.39 is 0 Å². The van der Waals surface area contributed by atoms with Gasteiger partial charge in [0.05, 0.1) is 18.7 Å². The fourth-order valence-electron chi connectivity index (χ4n) is 2.56. The number of carbonyl (C=O) groups excluding carboxylic acids is 1. The van der Waals surface area contributed by atoms with Crippen molar-refractivity contribution in [3.05, 3.63) is 46.8 Å². The molecule has 1 aromatic heterocycles. The van der Waals surface area contributed by atoms with E-state index in [9.17, 15) is 4.79 Å². The number of halogens is 1. The van der Waals surface area contributed by atoms with Crippen LogP contribution in [0.3, 0.4) is 0 Å². The molecule has 0 atom stereocenters. The van der Waals surface area contributed by atoms with Crippen LogP contribution in [-0.4, -0.2) is 24.6 Å². The minimum absolute atomic E-state index is 0.315. The van der Waals surface area contributed by atoms with E-state index in [0.717, 1.165) is 0 Å². The zero-order valence-electron chi connectivity index (χ0n) is 15.6. The number of fused-ring (bicyclic) bond motifs is 1. The molecule has 0 saturated heterocycles. The lowest BCUT2D eigenvalue weighted by Gasteiger charge is -2.15. The second kappa shape index (κ2) is 7.88. The van der Waals surface area contributed by atoms with Gasteiger partial charge in [-0.05, 0) is 36.2 Å². The SMILES string of the molecule is COc1cc(C(=O)Nc2ccc3oc(C)nc3c2)cc(Cl)c1OCC(C)C. The number of methoxy groups -OCH3 is 1.